The highest BCUT2D eigenvalue weighted by molar-refractivity contribution is 5.67. The third-order valence-corrected chi connectivity index (χ3v) is 3.45. The van der Waals surface area contributed by atoms with Crippen LogP contribution >= 0.6 is 0 Å². The van der Waals surface area contributed by atoms with Gasteiger partial charge in [0.05, 0.1) is 6.61 Å². The second-order valence-corrected chi connectivity index (χ2v) is 4.95. The number of nitrogen functional groups attached to an aromatic ring is 1. The van der Waals surface area contributed by atoms with Gasteiger partial charge in [-0.25, -0.2) is 4.79 Å². The number of amides is 1. The van der Waals surface area contributed by atoms with E-state index in [4.69, 9.17) is 15.2 Å². The Labute approximate surface area is 125 Å². The van der Waals surface area contributed by atoms with E-state index in [2.05, 4.69) is 4.90 Å². The van der Waals surface area contributed by atoms with E-state index >= 15 is 0 Å². The molecule has 0 unspecified atom stereocenters. The Hall–Kier alpha value is -1.95. The van der Waals surface area contributed by atoms with Crippen LogP contribution in [0.4, 0.5) is 10.5 Å². The normalized spacial score (nSPS) is 15.8. The van der Waals surface area contributed by atoms with E-state index in [-0.39, 0.29) is 6.09 Å². The molecular weight excluding hydrogens is 270 g/mol. The number of hydrogen-bond acceptors (Lipinski definition) is 5. The fourth-order valence-corrected chi connectivity index (χ4v) is 2.23. The molecule has 1 amide bonds. The zero-order chi connectivity index (χ0) is 15.1. The minimum atomic E-state index is -0.213. The van der Waals surface area contributed by atoms with Crippen molar-refractivity contribution in [1.29, 1.82) is 0 Å². The maximum atomic E-state index is 11.6. The first-order valence-electron chi connectivity index (χ1n) is 7.31. The third-order valence-electron chi connectivity index (χ3n) is 3.45. The lowest BCUT2D eigenvalue weighted by Crippen LogP contribution is -2.49. The second kappa shape index (κ2) is 7.73. The van der Waals surface area contributed by atoms with Crippen molar-refractivity contribution in [3.8, 4) is 5.75 Å². The maximum absolute atomic E-state index is 11.6. The molecule has 21 heavy (non-hydrogen) atoms. The average Bonchev–Trinajstić information content (AvgIpc) is 2.50. The van der Waals surface area contributed by atoms with Crippen molar-refractivity contribution in [3.05, 3.63) is 24.3 Å². The highest BCUT2D eigenvalue weighted by Crippen LogP contribution is 2.13. The largest absolute Gasteiger partial charge is 0.492 e. The Morgan fingerprint density at radius 2 is 1.86 bits per heavy atom. The molecule has 0 saturated carbocycles. The van der Waals surface area contributed by atoms with E-state index in [9.17, 15) is 4.79 Å². The number of anilines is 1. The van der Waals surface area contributed by atoms with Crippen molar-refractivity contribution in [2.24, 2.45) is 0 Å². The van der Waals surface area contributed by atoms with Crippen LogP contribution in [0.5, 0.6) is 5.75 Å². The van der Waals surface area contributed by atoms with Gasteiger partial charge in [-0.1, -0.05) is 0 Å². The van der Waals surface area contributed by atoms with Crippen molar-refractivity contribution < 1.29 is 14.3 Å². The molecule has 0 radical (unpaired) electrons. The van der Waals surface area contributed by atoms with Crippen molar-refractivity contribution in [2.45, 2.75) is 6.92 Å². The minimum absolute atomic E-state index is 0.213. The summed E-state index contributed by atoms with van der Waals surface area (Å²) < 4.78 is 10.7. The molecule has 2 rings (SSSR count). The SMILES string of the molecule is CCOC(=O)N1CCN(CCOc2ccc(N)cc2)CC1. The minimum Gasteiger partial charge on any atom is -0.492 e. The smallest absolute Gasteiger partial charge is 0.409 e. The van der Waals surface area contributed by atoms with Crippen molar-refractivity contribution >= 4 is 11.8 Å². The zero-order valence-corrected chi connectivity index (χ0v) is 12.5. The molecular formula is C15H23N3O3. The highest BCUT2D eigenvalue weighted by Gasteiger charge is 2.21. The fraction of sp³-hybridized carbons (Fsp3) is 0.533. The summed E-state index contributed by atoms with van der Waals surface area (Å²) in [6, 6.07) is 7.39. The number of nitrogens with zero attached hydrogens (tertiary/aromatic N) is 2. The van der Waals surface area contributed by atoms with Gasteiger partial charge in [-0.15, -0.1) is 0 Å². The summed E-state index contributed by atoms with van der Waals surface area (Å²) in [5, 5.41) is 0. The third kappa shape index (κ3) is 4.82. The van der Waals surface area contributed by atoms with Crippen LogP contribution in [0.2, 0.25) is 0 Å². The summed E-state index contributed by atoms with van der Waals surface area (Å²) in [5.41, 5.74) is 6.36. The predicted molar refractivity (Wildman–Crippen MR) is 81.4 cm³/mol. The highest BCUT2D eigenvalue weighted by atomic mass is 16.6. The Bertz CT molecular complexity index is 442. The van der Waals surface area contributed by atoms with E-state index in [1.54, 1.807) is 4.90 Å². The number of benzene rings is 1. The Morgan fingerprint density at radius 3 is 2.48 bits per heavy atom. The monoisotopic (exact) mass is 293 g/mol. The molecule has 1 saturated heterocycles. The van der Waals surface area contributed by atoms with Crippen LogP contribution in [-0.2, 0) is 4.74 Å². The van der Waals surface area contributed by atoms with E-state index in [0.717, 1.165) is 31.1 Å². The first-order chi connectivity index (χ1) is 10.2. The molecule has 6 heteroatoms. The lowest BCUT2D eigenvalue weighted by molar-refractivity contribution is 0.0757. The van der Waals surface area contributed by atoms with Gasteiger partial charge in [0.1, 0.15) is 12.4 Å². The fourth-order valence-electron chi connectivity index (χ4n) is 2.23. The van der Waals surface area contributed by atoms with Crippen molar-refractivity contribution in [3.63, 3.8) is 0 Å². The van der Waals surface area contributed by atoms with Gasteiger partial charge in [0, 0.05) is 38.4 Å². The summed E-state index contributed by atoms with van der Waals surface area (Å²) in [5.74, 6) is 0.828. The molecule has 1 fully saturated rings. The predicted octanol–water partition coefficient (Wildman–Crippen LogP) is 1.42. The molecule has 116 valence electrons. The summed E-state index contributed by atoms with van der Waals surface area (Å²) >= 11 is 0. The number of piperazine rings is 1. The number of carbonyl (C=O) groups is 1. The summed E-state index contributed by atoms with van der Waals surface area (Å²) in [7, 11) is 0. The van der Waals surface area contributed by atoms with Gasteiger partial charge in [0.2, 0.25) is 0 Å². The van der Waals surface area contributed by atoms with Crippen molar-refractivity contribution in [2.75, 3.05) is 51.7 Å². The van der Waals surface area contributed by atoms with Crippen LogP contribution in [0.1, 0.15) is 6.92 Å². The molecule has 0 aromatic heterocycles. The van der Waals surface area contributed by atoms with Crippen LogP contribution in [0.3, 0.4) is 0 Å². The number of carbonyl (C=O) groups excluding carboxylic acids is 1. The quantitative estimate of drug-likeness (QED) is 0.832. The lowest BCUT2D eigenvalue weighted by Gasteiger charge is -2.33. The molecule has 0 spiro atoms. The zero-order valence-electron chi connectivity index (χ0n) is 12.5. The standard InChI is InChI=1S/C15H23N3O3/c1-2-20-15(19)18-9-7-17(8-10-18)11-12-21-14-5-3-13(16)4-6-14/h3-6H,2,7-12,16H2,1H3. The van der Waals surface area contributed by atoms with Gasteiger partial charge >= 0.3 is 6.09 Å². The van der Waals surface area contributed by atoms with Gasteiger partial charge in [-0.2, -0.15) is 0 Å². The lowest BCUT2D eigenvalue weighted by atomic mass is 10.3. The van der Waals surface area contributed by atoms with Gasteiger partial charge in [-0.05, 0) is 31.2 Å². The molecule has 1 heterocycles. The number of ether oxygens (including phenoxy) is 2. The van der Waals surface area contributed by atoms with Crippen LogP contribution in [0.15, 0.2) is 24.3 Å². The first-order valence-corrected chi connectivity index (χ1v) is 7.31. The molecule has 1 aromatic rings. The average molecular weight is 293 g/mol. The number of nitrogens with two attached hydrogens (primary N) is 1. The van der Waals surface area contributed by atoms with E-state index < -0.39 is 0 Å². The second-order valence-electron chi connectivity index (χ2n) is 4.95. The Balaban J connectivity index is 1.65. The summed E-state index contributed by atoms with van der Waals surface area (Å²) in [4.78, 5) is 15.6. The van der Waals surface area contributed by atoms with Gasteiger partial charge in [0.25, 0.3) is 0 Å². The van der Waals surface area contributed by atoms with Gasteiger partial charge in [-0.3, -0.25) is 4.90 Å². The van der Waals surface area contributed by atoms with Crippen LogP contribution < -0.4 is 10.5 Å². The molecule has 0 bridgehead atoms. The maximum Gasteiger partial charge on any atom is 0.409 e. The van der Waals surface area contributed by atoms with E-state index in [1.807, 2.05) is 31.2 Å². The summed E-state index contributed by atoms with van der Waals surface area (Å²) in [6.07, 6.45) is -0.213. The van der Waals surface area contributed by atoms with Crippen LogP contribution in [-0.4, -0.2) is 61.8 Å². The Kier molecular flexibility index (Phi) is 5.68. The number of hydrogen-bond donors (Lipinski definition) is 1. The van der Waals surface area contributed by atoms with Gasteiger partial charge < -0.3 is 20.1 Å². The van der Waals surface area contributed by atoms with E-state index in [1.165, 1.54) is 0 Å². The molecule has 0 aliphatic carbocycles. The molecule has 1 aliphatic rings. The molecule has 0 atom stereocenters. The summed E-state index contributed by atoms with van der Waals surface area (Å²) in [6.45, 7) is 6.84. The molecule has 6 nitrogen and oxygen atoms in total. The van der Waals surface area contributed by atoms with Crippen molar-refractivity contribution in [1.82, 2.24) is 9.80 Å². The first kappa shape index (κ1) is 15.4. The van der Waals surface area contributed by atoms with E-state index in [0.29, 0.717) is 26.3 Å². The number of rotatable bonds is 5. The topological polar surface area (TPSA) is 68.0 Å². The molecule has 2 N–H and O–H groups in total. The molecule has 1 aliphatic heterocycles. The Morgan fingerprint density at radius 1 is 1.19 bits per heavy atom. The van der Waals surface area contributed by atoms with Crippen LogP contribution in [0.25, 0.3) is 0 Å². The van der Waals surface area contributed by atoms with Gasteiger partial charge in [0.15, 0.2) is 0 Å². The van der Waals surface area contributed by atoms with Crippen LogP contribution in [0, 0.1) is 0 Å². The molecule has 1 aromatic carbocycles.